The van der Waals surface area contributed by atoms with Gasteiger partial charge in [0.25, 0.3) is 0 Å². The van der Waals surface area contributed by atoms with Crippen LogP contribution in [0.5, 0.6) is 0 Å². The van der Waals surface area contributed by atoms with Crippen molar-refractivity contribution in [1.82, 2.24) is 19.9 Å². The van der Waals surface area contributed by atoms with Crippen LogP contribution in [0.25, 0.3) is 22.3 Å². The summed E-state index contributed by atoms with van der Waals surface area (Å²) in [5.41, 5.74) is 1.98. The van der Waals surface area contributed by atoms with Gasteiger partial charge in [0.2, 0.25) is 0 Å². The molecule has 134 valence electrons. The van der Waals surface area contributed by atoms with Gasteiger partial charge in [-0.15, -0.1) is 0 Å². The van der Waals surface area contributed by atoms with E-state index in [-0.39, 0.29) is 0 Å². The largest absolute Gasteiger partial charge is 0.353 e. The minimum absolute atomic E-state index is 0.517. The standard InChI is InChI=1S/C20H23N5S/c1-24(2)17-12-25(13-18(17)26-3)20-15-6-4-5-7-16(15)22-19(23-20)14-8-10-21-11-9-14/h4-11,17-18H,12-13H2,1-3H3/t17-,18-/m0/s1. The van der Waals surface area contributed by atoms with E-state index in [1.54, 1.807) is 12.4 Å². The molecule has 0 saturated carbocycles. The topological polar surface area (TPSA) is 45.2 Å². The Morgan fingerprint density at radius 1 is 1.04 bits per heavy atom. The Bertz CT molecular complexity index is 899. The molecule has 3 heterocycles. The summed E-state index contributed by atoms with van der Waals surface area (Å²) in [6, 6.07) is 12.7. The van der Waals surface area contributed by atoms with Crippen LogP contribution in [0.15, 0.2) is 48.8 Å². The molecule has 0 spiro atoms. The van der Waals surface area contributed by atoms with Crippen LogP contribution in [0.1, 0.15) is 0 Å². The number of likely N-dealkylation sites (N-methyl/N-ethyl adjacent to an activating group) is 1. The summed E-state index contributed by atoms with van der Waals surface area (Å²) in [5, 5.41) is 1.69. The quantitative estimate of drug-likeness (QED) is 0.708. The van der Waals surface area contributed by atoms with Gasteiger partial charge in [0.05, 0.1) is 5.52 Å². The lowest BCUT2D eigenvalue weighted by Gasteiger charge is -2.23. The third-order valence-corrected chi connectivity index (χ3v) is 6.09. The summed E-state index contributed by atoms with van der Waals surface area (Å²) in [5.74, 6) is 1.79. The van der Waals surface area contributed by atoms with E-state index >= 15 is 0 Å². The number of para-hydroxylation sites is 1. The van der Waals surface area contributed by atoms with E-state index in [1.165, 1.54) is 0 Å². The summed E-state index contributed by atoms with van der Waals surface area (Å²) < 4.78 is 0. The second kappa shape index (κ2) is 7.21. The maximum atomic E-state index is 4.97. The van der Waals surface area contributed by atoms with E-state index < -0.39 is 0 Å². The third-order valence-electron chi connectivity index (χ3n) is 5.02. The molecule has 0 N–H and O–H groups in total. The number of aromatic nitrogens is 3. The molecule has 0 radical (unpaired) electrons. The molecule has 26 heavy (non-hydrogen) atoms. The Labute approximate surface area is 158 Å². The molecule has 1 aliphatic rings. The zero-order valence-corrected chi connectivity index (χ0v) is 16.1. The Hall–Kier alpha value is -2.18. The highest BCUT2D eigenvalue weighted by molar-refractivity contribution is 7.99. The van der Waals surface area contributed by atoms with Gasteiger partial charge in [0.15, 0.2) is 5.82 Å². The van der Waals surface area contributed by atoms with Crippen molar-refractivity contribution in [3.05, 3.63) is 48.8 Å². The molecular formula is C20H23N5S. The summed E-state index contributed by atoms with van der Waals surface area (Å²) in [7, 11) is 4.33. The molecule has 0 amide bonds. The predicted molar refractivity (Wildman–Crippen MR) is 110 cm³/mol. The van der Waals surface area contributed by atoms with Crippen molar-refractivity contribution in [2.24, 2.45) is 0 Å². The smallest absolute Gasteiger partial charge is 0.162 e. The molecule has 1 aromatic carbocycles. The highest BCUT2D eigenvalue weighted by atomic mass is 32.2. The Kier molecular flexibility index (Phi) is 4.78. The van der Waals surface area contributed by atoms with Crippen molar-refractivity contribution in [3.63, 3.8) is 0 Å². The number of pyridine rings is 1. The summed E-state index contributed by atoms with van der Waals surface area (Å²) >= 11 is 1.94. The number of thioether (sulfide) groups is 1. The second-order valence-electron chi connectivity index (χ2n) is 6.83. The molecule has 0 aliphatic carbocycles. The van der Waals surface area contributed by atoms with E-state index in [1.807, 2.05) is 30.0 Å². The first-order valence-electron chi connectivity index (χ1n) is 8.78. The molecule has 3 aromatic rings. The van der Waals surface area contributed by atoms with Crippen LogP contribution in [0.4, 0.5) is 5.82 Å². The van der Waals surface area contributed by atoms with Crippen LogP contribution in [-0.4, -0.2) is 64.6 Å². The van der Waals surface area contributed by atoms with Gasteiger partial charge in [-0.3, -0.25) is 4.98 Å². The molecule has 1 saturated heterocycles. The van der Waals surface area contributed by atoms with Crippen molar-refractivity contribution < 1.29 is 0 Å². The molecule has 0 unspecified atom stereocenters. The lowest BCUT2D eigenvalue weighted by Crippen LogP contribution is -2.36. The minimum Gasteiger partial charge on any atom is -0.353 e. The molecule has 5 nitrogen and oxygen atoms in total. The molecule has 2 atom stereocenters. The molecule has 4 rings (SSSR count). The fourth-order valence-corrected chi connectivity index (χ4v) is 4.56. The van der Waals surface area contributed by atoms with Gasteiger partial charge in [-0.2, -0.15) is 11.8 Å². The zero-order valence-electron chi connectivity index (χ0n) is 15.3. The summed E-state index contributed by atoms with van der Waals surface area (Å²) in [4.78, 5) is 18.6. The van der Waals surface area contributed by atoms with Crippen LogP contribution in [0.3, 0.4) is 0 Å². The fraction of sp³-hybridized carbons (Fsp3) is 0.350. The van der Waals surface area contributed by atoms with Crippen molar-refractivity contribution in [2.45, 2.75) is 11.3 Å². The number of nitrogens with zero attached hydrogens (tertiary/aromatic N) is 5. The maximum absolute atomic E-state index is 4.97. The van der Waals surface area contributed by atoms with Crippen LogP contribution in [-0.2, 0) is 0 Å². The van der Waals surface area contributed by atoms with E-state index in [2.05, 4.69) is 53.3 Å². The fourth-order valence-electron chi connectivity index (χ4n) is 3.59. The van der Waals surface area contributed by atoms with Crippen molar-refractivity contribution in [1.29, 1.82) is 0 Å². The predicted octanol–water partition coefficient (Wildman–Crippen LogP) is 3.17. The summed E-state index contributed by atoms with van der Waals surface area (Å²) in [6.45, 7) is 1.98. The first-order valence-corrected chi connectivity index (χ1v) is 10.1. The van der Waals surface area contributed by atoms with Gasteiger partial charge in [0.1, 0.15) is 5.82 Å². The lowest BCUT2D eigenvalue weighted by molar-refractivity contribution is 0.320. The summed E-state index contributed by atoms with van der Waals surface area (Å²) in [6.07, 6.45) is 5.77. The Morgan fingerprint density at radius 2 is 1.81 bits per heavy atom. The average molecular weight is 366 g/mol. The number of hydrogen-bond acceptors (Lipinski definition) is 6. The van der Waals surface area contributed by atoms with Crippen molar-refractivity contribution >= 4 is 28.5 Å². The number of anilines is 1. The third kappa shape index (κ3) is 3.15. The number of benzene rings is 1. The molecule has 2 aromatic heterocycles. The Balaban J connectivity index is 1.81. The molecule has 6 heteroatoms. The van der Waals surface area contributed by atoms with Crippen LogP contribution in [0, 0.1) is 0 Å². The molecule has 1 fully saturated rings. The number of hydrogen-bond donors (Lipinski definition) is 0. The van der Waals surface area contributed by atoms with Gasteiger partial charge in [-0.05, 0) is 44.6 Å². The lowest BCUT2D eigenvalue weighted by atomic mass is 10.2. The van der Waals surface area contributed by atoms with Gasteiger partial charge < -0.3 is 9.80 Å². The SMILES string of the molecule is CS[C@H]1CN(c2nc(-c3ccncc3)nc3ccccc23)C[C@@H]1N(C)C. The van der Waals surface area contributed by atoms with Crippen LogP contribution in [0.2, 0.25) is 0 Å². The van der Waals surface area contributed by atoms with Crippen LogP contribution >= 0.6 is 11.8 Å². The van der Waals surface area contributed by atoms with E-state index in [9.17, 15) is 0 Å². The number of rotatable bonds is 4. The number of fused-ring (bicyclic) bond motifs is 1. The molecular weight excluding hydrogens is 342 g/mol. The normalized spacial score (nSPS) is 20.2. The highest BCUT2D eigenvalue weighted by Gasteiger charge is 2.35. The maximum Gasteiger partial charge on any atom is 0.162 e. The average Bonchev–Trinajstić information content (AvgIpc) is 3.12. The first kappa shape index (κ1) is 17.2. The molecule has 0 bridgehead atoms. The monoisotopic (exact) mass is 365 g/mol. The van der Waals surface area contributed by atoms with E-state index in [4.69, 9.17) is 9.97 Å². The highest BCUT2D eigenvalue weighted by Crippen LogP contribution is 2.33. The van der Waals surface area contributed by atoms with Crippen molar-refractivity contribution in [3.8, 4) is 11.4 Å². The van der Waals surface area contributed by atoms with E-state index in [0.29, 0.717) is 11.3 Å². The first-order chi connectivity index (χ1) is 12.7. The zero-order chi connectivity index (χ0) is 18.1. The van der Waals surface area contributed by atoms with Gasteiger partial charge >= 0.3 is 0 Å². The Morgan fingerprint density at radius 3 is 2.50 bits per heavy atom. The minimum atomic E-state index is 0.517. The van der Waals surface area contributed by atoms with Crippen molar-refractivity contribution in [2.75, 3.05) is 38.3 Å². The second-order valence-corrected chi connectivity index (χ2v) is 7.91. The van der Waals surface area contributed by atoms with Gasteiger partial charge in [-0.1, -0.05) is 12.1 Å². The van der Waals surface area contributed by atoms with Gasteiger partial charge in [-0.25, -0.2) is 9.97 Å². The van der Waals surface area contributed by atoms with E-state index in [0.717, 1.165) is 41.2 Å². The molecule has 1 aliphatic heterocycles. The van der Waals surface area contributed by atoms with Crippen LogP contribution < -0.4 is 4.90 Å². The van der Waals surface area contributed by atoms with Gasteiger partial charge in [0, 0.05) is 47.7 Å².